The van der Waals surface area contributed by atoms with Gasteiger partial charge in [-0.2, -0.15) is 5.10 Å². The van der Waals surface area contributed by atoms with Crippen LogP contribution in [-0.4, -0.2) is 15.8 Å². The zero-order chi connectivity index (χ0) is 13.2. The molecule has 2 rings (SSSR count). The summed E-state index contributed by atoms with van der Waals surface area (Å²) in [6, 6.07) is 3.13. The highest BCUT2D eigenvalue weighted by Gasteiger charge is 2.24. The number of nitrogens with zero attached hydrogens (tertiary/aromatic N) is 2. The van der Waals surface area contributed by atoms with Gasteiger partial charge in [-0.05, 0) is 44.9 Å². The second-order valence-corrected chi connectivity index (χ2v) is 6.71. The standard InChI is InChI=1S/C15H27N3/c1-12(2)18-11-8-14(17-18)16-13-6-5-9-15(3,4)10-7-13/h8,11-13H,5-7,9-10H2,1-4H3,(H,16,17). The van der Waals surface area contributed by atoms with Crippen molar-refractivity contribution >= 4 is 5.82 Å². The van der Waals surface area contributed by atoms with E-state index >= 15 is 0 Å². The first-order valence-corrected chi connectivity index (χ1v) is 7.28. The van der Waals surface area contributed by atoms with Crippen LogP contribution in [0.15, 0.2) is 12.3 Å². The Hall–Kier alpha value is -0.990. The molecule has 1 aromatic heterocycles. The molecule has 3 heteroatoms. The fraction of sp³-hybridized carbons (Fsp3) is 0.800. The third kappa shape index (κ3) is 3.50. The third-order valence-corrected chi connectivity index (χ3v) is 4.07. The van der Waals surface area contributed by atoms with Crippen molar-refractivity contribution < 1.29 is 0 Å². The Morgan fingerprint density at radius 3 is 2.78 bits per heavy atom. The predicted molar refractivity (Wildman–Crippen MR) is 76.9 cm³/mol. The molecule has 1 aromatic rings. The molecule has 0 amide bonds. The van der Waals surface area contributed by atoms with Gasteiger partial charge in [0.25, 0.3) is 0 Å². The van der Waals surface area contributed by atoms with Gasteiger partial charge in [0.2, 0.25) is 0 Å². The first-order chi connectivity index (χ1) is 8.46. The molecule has 1 unspecified atom stereocenters. The molecule has 1 aliphatic rings. The van der Waals surface area contributed by atoms with Crippen LogP contribution < -0.4 is 5.32 Å². The lowest BCUT2D eigenvalue weighted by molar-refractivity contribution is 0.313. The molecule has 18 heavy (non-hydrogen) atoms. The number of hydrogen-bond donors (Lipinski definition) is 1. The number of hydrogen-bond acceptors (Lipinski definition) is 2. The van der Waals surface area contributed by atoms with Crippen LogP contribution in [0.5, 0.6) is 0 Å². The highest BCUT2D eigenvalue weighted by molar-refractivity contribution is 5.33. The Bertz CT molecular complexity index is 379. The zero-order valence-electron chi connectivity index (χ0n) is 12.2. The summed E-state index contributed by atoms with van der Waals surface area (Å²) in [5.74, 6) is 1.04. The van der Waals surface area contributed by atoms with E-state index < -0.39 is 0 Å². The highest BCUT2D eigenvalue weighted by atomic mass is 15.3. The maximum absolute atomic E-state index is 4.58. The summed E-state index contributed by atoms with van der Waals surface area (Å²) in [5, 5.41) is 8.18. The summed E-state index contributed by atoms with van der Waals surface area (Å²) >= 11 is 0. The van der Waals surface area contributed by atoms with Gasteiger partial charge in [0, 0.05) is 24.3 Å². The summed E-state index contributed by atoms with van der Waals surface area (Å²) in [6.45, 7) is 9.10. The maximum atomic E-state index is 4.58. The van der Waals surface area contributed by atoms with Crippen molar-refractivity contribution in [2.24, 2.45) is 5.41 Å². The number of aromatic nitrogens is 2. The number of anilines is 1. The van der Waals surface area contributed by atoms with Gasteiger partial charge in [-0.3, -0.25) is 4.68 Å². The molecule has 1 heterocycles. The van der Waals surface area contributed by atoms with Gasteiger partial charge >= 0.3 is 0 Å². The van der Waals surface area contributed by atoms with E-state index in [1.54, 1.807) is 0 Å². The summed E-state index contributed by atoms with van der Waals surface area (Å²) in [6.07, 6.45) is 8.60. The van der Waals surface area contributed by atoms with Gasteiger partial charge in [0.1, 0.15) is 5.82 Å². The van der Waals surface area contributed by atoms with Crippen LogP contribution in [0.4, 0.5) is 5.82 Å². The van der Waals surface area contributed by atoms with E-state index in [-0.39, 0.29) is 0 Å². The minimum atomic E-state index is 0.439. The van der Waals surface area contributed by atoms with Crippen molar-refractivity contribution in [2.75, 3.05) is 5.32 Å². The molecule has 0 bridgehead atoms. The van der Waals surface area contributed by atoms with Crippen molar-refractivity contribution in [3.05, 3.63) is 12.3 Å². The topological polar surface area (TPSA) is 29.9 Å². The highest BCUT2D eigenvalue weighted by Crippen LogP contribution is 2.34. The lowest BCUT2D eigenvalue weighted by atomic mass is 9.85. The molecule has 0 spiro atoms. The fourth-order valence-electron chi connectivity index (χ4n) is 2.72. The van der Waals surface area contributed by atoms with Crippen molar-refractivity contribution in [3.63, 3.8) is 0 Å². The predicted octanol–water partition coefficient (Wildman–Crippen LogP) is 4.23. The molecule has 102 valence electrons. The largest absolute Gasteiger partial charge is 0.366 e. The van der Waals surface area contributed by atoms with E-state index in [1.807, 2.05) is 4.68 Å². The van der Waals surface area contributed by atoms with Gasteiger partial charge in [-0.1, -0.05) is 20.3 Å². The van der Waals surface area contributed by atoms with E-state index in [0.29, 0.717) is 17.5 Å². The lowest BCUT2D eigenvalue weighted by Gasteiger charge is -2.22. The van der Waals surface area contributed by atoms with Crippen molar-refractivity contribution in [1.82, 2.24) is 9.78 Å². The number of rotatable bonds is 3. The molecular formula is C15H27N3. The van der Waals surface area contributed by atoms with E-state index in [2.05, 4.69) is 50.4 Å². The van der Waals surface area contributed by atoms with E-state index in [4.69, 9.17) is 0 Å². The average Bonchev–Trinajstić information content (AvgIpc) is 2.67. The summed E-state index contributed by atoms with van der Waals surface area (Å²) in [7, 11) is 0. The Labute approximate surface area is 111 Å². The van der Waals surface area contributed by atoms with Crippen LogP contribution >= 0.6 is 0 Å². The smallest absolute Gasteiger partial charge is 0.148 e. The summed E-state index contributed by atoms with van der Waals surface area (Å²) in [5.41, 5.74) is 0.522. The van der Waals surface area contributed by atoms with Crippen molar-refractivity contribution in [1.29, 1.82) is 0 Å². The van der Waals surface area contributed by atoms with Crippen LogP contribution in [0.1, 0.15) is 65.8 Å². The van der Waals surface area contributed by atoms with Gasteiger partial charge in [-0.15, -0.1) is 0 Å². The second-order valence-electron chi connectivity index (χ2n) is 6.71. The molecule has 1 atom stereocenters. The maximum Gasteiger partial charge on any atom is 0.148 e. The first-order valence-electron chi connectivity index (χ1n) is 7.28. The number of nitrogens with one attached hydrogen (secondary N) is 1. The molecule has 0 saturated heterocycles. The van der Waals surface area contributed by atoms with Crippen LogP contribution in [0.3, 0.4) is 0 Å². The molecule has 0 aromatic carbocycles. The van der Waals surface area contributed by atoms with Crippen LogP contribution in [-0.2, 0) is 0 Å². The molecule has 1 fully saturated rings. The van der Waals surface area contributed by atoms with Gasteiger partial charge in [-0.25, -0.2) is 0 Å². The zero-order valence-corrected chi connectivity index (χ0v) is 12.2. The summed E-state index contributed by atoms with van der Waals surface area (Å²) in [4.78, 5) is 0. The lowest BCUT2D eigenvalue weighted by Crippen LogP contribution is -2.19. The minimum Gasteiger partial charge on any atom is -0.366 e. The third-order valence-electron chi connectivity index (χ3n) is 4.07. The molecule has 1 aliphatic carbocycles. The first kappa shape index (κ1) is 13.4. The minimum absolute atomic E-state index is 0.439. The van der Waals surface area contributed by atoms with Crippen LogP contribution in [0, 0.1) is 5.41 Å². The SMILES string of the molecule is CC(C)n1ccc(NC2CCCC(C)(C)CC2)n1. The summed E-state index contributed by atoms with van der Waals surface area (Å²) < 4.78 is 2.02. The molecule has 3 nitrogen and oxygen atoms in total. The molecule has 0 aliphatic heterocycles. The Morgan fingerprint density at radius 1 is 1.33 bits per heavy atom. The fourth-order valence-corrected chi connectivity index (χ4v) is 2.72. The van der Waals surface area contributed by atoms with Gasteiger partial charge < -0.3 is 5.32 Å². The Morgan fingerprint density at radius 2 is 2.11 bits per heavy atom. The van der Waals surface area contributed by atoms with Gasteiger partial charge in [0.15, 0.2) is 0 Å². The van der Waals surface area contributed by atoms with Crippen LogP contribution in [0.25, 0.3) is 0 Å². The molecule has 0 radical (unpaired) electrons. The molecule has 1 saturated carbocycles. The Balaban J connectivity index is 1.92. The molecule has 1 N–H and O–H groups in total. The molecular weight excluding hydrogens is 222 g/mol. The van der Waals surface area contributed by atoms with Crippen molar-refractivity contribution in [2.45, 2.75) is 71.9 Å². The normalized spacial score (nSPS) is 23.9. The second kappa shape index (κ2) is 5.33. The van der Waals surface area contributed by atoms with Crippen LogP contribution in [0.2, 0.25) is 0 Å². The Kier molecular flexibility index (Phi) is 3.98. The quantitative estimate of drug-likeness (QED) is 0.812. The van der Waals surface area contributed by atoms with E-state index in [9.17, 15) is 0 Å². The van der Waals surface area contributed by atoms with Gasteiger partial charge in [0.05, 0.1) is 0 Å². The van der Waals surface area contributed by atoms with Crippen molar-refractivity contribution in [3.8, 4) is 0 Å². The average molecular weight is 249 g/mol. The van der Waals surface area contributed by atoms with E-state index in [0.717, 1.165) is 5.82 Å². The monoisotopic (exact) mass is 249 g/mol. The van der Waals surface area contributed by atoms with E-state index in [1.165, 1.54) is 32.1 Å².